The van der Waals surface area contributed by atoms with Crippen molar-refractivity contribution in [1.82, 2.24) is 45.4 Å². The van der Waals surface area contributed by atoms with Gasteiger partial charge in [0.2, 0.25) is 11.8 Å². The molecule has 0 bridgehead atoms. The van der Waals surface area contributed by atoms with Crippen LogP contribution in [0.25, 0.3) is 52.8 Å². The molecular weight excluding hydrogens is 1790 g/mol. The molecule has 13 atom stereocenters. The van der Waals surface area contributed by atoms with Gasteiger partial charge in [0, 0.05) is 82.2 Å². The molecule has 9 unspecified atom stereocenters. The van der Waals surface area contributed by atoms with E-state index in [9.17, 15) is 75.8 Å². The molecule has 4 amide bonds. The number of aromatic nitrogens is 5. The van der Waals surface area contributed by atoms with Crippen LogP contribution < -0.4 is 64.3 Å². The first-order valence-corrected chi connectivity index (χ1v) is 43.8. The molecule has 5 heterocycles. The van der Waals surface area contributed by atoms with Crippen LogP contribution in [0.3, 0.4) is 0 Å². The molecule has 0 aliphatic carbocycles. The van der Waals surface area contributed by atoms with Crippen LogP contribution in [0.5, 0.6) is 11.5 Å². The maximum Gasteiger partial charge on any atom is 0.490 e. The number of nitrogens with one attached hydrogen (secondary N) is 4. The van der Waals surface area contributed by atoms with Crippen LogP contribution >= 0.6 is 46.9 Å². The summed E-state index contributed by atoms with van der Waals surface area (Å²) in [7, 11) is -34.3. The number of carbonyl (C=O) groups is 4. The van der Waals surface area contributed by atoms with Gasteiger partial charge in [-0.15, -0.1) is 0 Å². The van der Waals surface area contributed by atoms with E-state index in [1.807, 2.05) is 0 Å². The fourth-order valence-corrected chi connectivity index (χ4v) is 16.1. The molecule has 5 aromatic rings. The summed E-state index contributed by atoms with van der Waals surface area (Å²) in [6.45, 7) is -3.67. The van der Waals surface area contributed by atoms with E-state index in [0.29, 0.717) is 35.7 Å². The van der Waals surface area contributed by atoms with Gasteiger partial charge in [-0.2, -0.15) is 17.9 Å². The minimum absolute atomic E-state index is 0.0112. The molecule has 0 saturated carbocycles. The van der Waals surface area contributed by atoms with Gasteiger partial charge in [-0.05, 0) is 58.5 Å². The maximum atomic E-state index is 12.8. The average molecular weight is 1870 g/mol. The zero-order valence-corrected chi connectivity index (χ0v) is 69.1. The lowest BCUT2D eigenvalue weighted by atomic mass is 10.2. The topological polar surface area (TPSA) is 896 Å². The van der Waals surface area contributed by atoms with E-state index in [4.69, 9.17) is 112 Å². The number of nitrogens with zero attached hydrogens (tertiary/aromatic N) is 17. The Labute approximate surface area is 696 Å². The van der Waals surface area contributed by atoms with E-state index in [1.165, 1.54) is 22.9 Å². The van der Waals surface area contributed by atoms with E-state index >= 15 is 0 Å². The van der Waals surface area contributed by atoms with Crippen molar-refractivity contribution in [2.24, 2.45) is 31.9 Å². The Balaban J connectivity index is 0.000000384. The molecule has 2 aromatic carbocycles. The monoisotopic (exact) mass is 1870 g/mol. The molecule has 66 heteroatoms. The van der Waals surface area contributed by atoms with E-state index in [1.54, 1.807) is 36.4 Å². The minimum Gasteiger partial charge on any atom is -0.756 e. The molecule has 2 fully saturated rings. The second-order valence-corrected chi connectivity index (χ2v) is 32.6. The SMILES string of the molecule is [N-]=[N+]=NCO[C@@H]1C[C@@H](n2cc(C#CCNC(=O)COCCOC(COc3cccc(C(=O)NCCN)c3)N=[N+]=[N-])c(N)nc2=O)OC1COP(=O)(O)OP(=O)(O)OP(=O)([O-])O.[N-]=[N+]=NCO[C@@H]1C[C@@H](n2cc(C#CCNC(=O)COCCOC(COc3cccc(C(=O)NCCN)c3)N=[N+]=[N-])c3c(N)ncnc32)OC1COP(=O)(O)OP(=O)(O)OP(=O)(O)O. The molecule has 0 spiro atoms. The predicted molar refractivity (Wildman–Crippen MR) is 413 cm³/mol. The minimum atomic E-state index is -5.90. The molecule has 676 valence electrons. The van der Waals surface area contributed by atoms with E-state index in [2.05, 4.69) is 122 Å². The summed E-state index contributed by atoms with van der Waals surface area (Å²) in [6.07, 6.45) is -5.65. The summed E-state index contributed by atoms with van der Waals surface area (Å²) < 4.78 is 151. The standard InChI is InChI=1S/C30H40N13O17P3.C28H39N12O18P3/c31-6-8-36-30(45)19-3-1-5-21(11-19)55-16-25(40-42-34)54-10-9-53-15-24(44)35-7-2-4-20-13-43(29-27(20)28(32)37-17-38-29)26-12-22(56-18-39-41-33)23(58-26)14-57-62(49,50)60-63(51,52)59-61(46,47)48;29-6-8-34-27(42)18-3-1-5-20(11-18)53-16-24(37-39-32)52-10-9-51-15-23(41)33-7-2-4-19-13-40(28(43)36-26(19)30)25-12-21(54-17-35-38-31)22(56-25)14-55-60(47,48)58-61(49,50)57-59(44,45)46/h1,3,5,11,13,17,22-23,25-26H,6-10,12,14-16,18,31H2,(H,35,44)(H,36,45)(H,49,50)(H,51,52)(H2,32,37,38)(H2,46,47,48);1,3,5,11,13,21-22,24-25H,6-10,12,14-17,29H2,(H,33,41)(H,34,42)(H,47,48)(H,49,50)(H2,30,36,43)(H2,44,45,46)/p-1/t22-,23?,25?,26+;21-,22?,24?,25+/m11/s1. The van der Waals surface area contributed by atoms with Gasteiger partial charge in [0.05, 0.1) is 81.5 Å². The molecule has 60 nitrogen and oxygen atoms in total. The van der Waals surface area contributed by atoms with Crippen molar-refractivity contribution in [3.8, 4) is 35.2 Å². The zero-order valence-electron chi connectivity index (χ0n) is 63.8. The van der Waals surface area contributed by atoms with Gasteiger partial charge in [-0.1, -0.05) is 56.3 Å². The van der Waals surface area contributed by atoms with E-state index in [-0.39, 0.29) is 131 Å². The van der Waals surface area contributed by atoms with Crippen LogP contribution in [0.1, 0.15) is 57.1 Å². The van der Waals surface area contributed by atoms with Crippen LogP contribution in [0.4, 0.5) is 11.6 Å². The normalized spacial score (nSPS) is 18.8. The molecular formula is C58H78N25O35P6-. The molecule has 2 saturated heterocycles. The lowest BCUT2D eigenvalue weighted by molar-refractivity contribution is -0.212. The van der Waals surface area contributed by atoms with Crippen molar-refractivity contribution < 1.29 is 159 Å². The van der Waals surface area contributed by atoms with Crippen molar-refractivity contribution in [2.75, 3.05) is 130 Å². The highest BCUT2D eigenvalue weighted by atomic mass is 31.3. The van der Waals surface area contributed by atoms with Crippen LogP contribution in [0.2, 0.25) is 0 Å². The lowest BCUT2D eigenvalue weighted by Crippen LogP contribution is -2.30. The van der Waals surface area contributed by atoms with Crippen LogP contribution in [-0.2, 0) is 101 Å². The number of benzene rings is 2. The van der Waals surface area contributed by atoms with Gasteiger partial charge >= 0.3 is 44.8 Å². The highest BCUT2D eigenvalue weighted by Crippen LogP contribution is 2.67. The smallest absolute Gasteiger partial charge is 0.490 e. The summed E-state index contributed by atoms with van der Waals surface area (Å²) in [5.41, 5.74) is 58.1. The number of azide groups is 4. The first-order valence-electron chi connectivity index (χ1n) is 34.8. The second kappa shape index (κ2) is 50.7. The molecule has 0 radical (unpaired) electrons. The summed E-state index contributed by atoms with van der Waals surface area (Å²) in [6, 6.07) is 12.6. The third-order valence-corrected chi connectivity index (χ3v) is 22.6. The first kappa shape index (κ1) is 103. The Morgan fingerprint density at radius 2 is 1.06 bits per heavy atom. The Hall–Kier alpha value is -10.2. The molecule has 2 aliphatic rings. The number of hydrogen-bond acceptors (Lipinski definition) is 39. The van der Waals surface area contributed by atoms with Gasteiger partial charge in [0.25, 0.3) is 19.6 Å². The number of hydrogen-bond donors (Lipinski definition) is 15. The third kappa shape index (κ3) is 37.3. The number of rotatable bonds is 50. The quantitative estimate of drug-likeness (QED) is 0.00632. The fraction of sp³-hybridized carbons (Fsp3) is 0.483. The van der Waals surface area contributed by atoms with E-state index < -0.39 is 147 Å². The highest BCUT2D eigenvalue weighted by Gasteiger charge is 2.46. The van der Waals surface area contributed by atoms with Gasteiger partial charge in [0.15, 0.2) is 12.5 Å². The van der Waals surface area contributed by atoms with Gasteiger partial charge in [-0.25, -0.2) is 41.9 Å². The van der Waals surface area contributed by atoms with Crippen LogP contribution in [0.15, 0.2) is 92.5 Å². The van der Waals surface area contributed by atoms with E-state index in [0.717, 1.165) is 17.1 Å². The number of carbonyl (C=O) groups excluding carboxylic acids is 4. The highest BCUT2D eigenvalue weighted by molar-refractivity contribution is 7.67. The van der Waals surface area contributed by atoms with Crippen LogP contribution in [0, 0.1) is 23.7 Å². The predicted octanol–water partition coefficient (Wildman–Crippen LogP) is 0.584. The Morgan fingerprint density at radius 3 is 1.52 bits per heavy atom. The van der Waals surface area contributed by atoms with Crippen molar-refractivity contribution >= 4 is 93.2 Å². The van der Waals surface area contributed by atoms with Gasteiger partial charge in [-0.3, -0.25) is 37.4 Å². The Bertz CT molecular complexity index is 5220. The van der Waals surface area contributed by atoms with Gasteiger partial charge < -0.3 is 135 Å². The number of phosphoric ester groups is 2. The van der Waals surface area contributed by atoms with Crippen molar-refractivity contribution in [3.63, 3.8) is 0 Å². The number of phosphoric acid groups is 6. The zero-order chi connectivity index (χ0) is 91.1. The third-order valence-electron chi connectivity index (χ3n) is 15.0. The average Bonchev–Trinajstić information content (AvgIpc) is 1.61. The summed E-state index contributed by atoms with van der Waals surface area (Å²) in [4.78, 5) is 160. The largest absolute Gasteiger partial charge is 0.756 e. The number of amides is 4. The number of ether oxygens (including phenoxy) is 10. The maximum absolute atomic E-state index is 12.8. The number of fused-ring (bicyclic) bond motifs is 1. The summed E-state index contributed by atoms with van der Waals surface area (Å²) >= 11 is 0. The lowest BCUT2D eigenvalue weighted by Gasteiger charge is -2.22. The number of nitrogens with two attached hydrogens (primary N) is 4. The van der Waals surface area contributed by atoms with Crippen molar-refractivity contribution in [1.29, 1.82) is 0 Å². The van der Waals surface area contributed by atoms with Crippen LogP contribution in [-0.4, -0.2) is 238 Å². The first-order chi connectivity index (χ1) is 58.8. The summed E-state index contributed by atoms with van der Waals surface area (Å²) in [5, 5.41) is 24.1. The second-order valence-electron chi connectivity index (χ2n) is 23.8. The number of anilines is 2. The van der Waals surface area contributed by atoms with Crippen molar-refractivity contribution in [2.45, 2.75) is 62.2 Å². The molecule has 19 N–H and O–H groups in total. The van der Waals surface area contributed by atoms with Crippen molar-refractivity contribution in [3.05, 3.63) is 142 Å². The van der Waals surface area contributed by atoms with Gasteiger partial charge in [0.1, 0.15) is 99.7 Å². The number of nitrogen functional groups attached to an aromatic ring is 2. The molecule has 7 rings (SSSR count). The molecule has 2 aliphatic heterocycles. The molecule has 124 heavy (non-hydrogen) atoms. The Morgan fingerprint density at radius 1 is 0.605 bits per heavy atom. The Kier molecular flexibility index (Phi) is 41.9. The fourth-order valence-electron chi connectivity index (χ4n) is 10.0. The molecule has 3 aromatic heterocycles. The summed E-state index contributed by atoms with van der Waals surface area (Å²) in [5.74, 6) is 9.43.